The van der Waals surface area contributed by atoms with Gasteiger partial charge in [-0.15, -0.1) is 19.1 Å². The molecule has 1 unspecified atom stereocenters. The lowest BCUT2D eigenvalue weighted by atomic mass is 9.23. The van der Waals surface area contributed by atoms with Crippen LogP contribution in [0.3, 0.4) is 0 Å². The fourth-order valence-electron chi connectivity index (χ4n) is 8.63. The van der Waals surface area contributed by atoms with Gasteiger partial charge >= 0.3 is 0 Å². The third-order valence-corrected chi connectivity index (χ3v) is 10.8. The lowest BCUT2D eigenvalue weighted by molar-refractivity contribution is -0.128. The van der Waals surface area contributed by atoms with Crippen molar-refractivity contribution in [3.63, 3.8) is 0 Å². The molecule has 0 heterocycles. The van der Waals surface area contributed by atoms with Crippen molar-refractivity contribution < 1.29 is 0 Å². The zero-order valence-corrected chi connectivity index (χ0v) is 18.2. The van der Waals surface area contributed by atoms with Gasteiger partial charge in [0.15, 0.2) is 6.71 Å². The maximum Gasteiger partial charge on any atom is 0.176 e. The summed E-state index contributed by atoms with van der Waals surface area (Å²) >= 11 is 0. The van der Waals surface area contributed by atoms with Crippen LogP contribution in [0.25, 0.3) is 0 Å². The Balaban J connectivity index is 1.54. The van der Waals surface area contributed by atoms with Gasteiger partial charge in [0, 0.05) is 0 Å². The third kappa shape index (κ3) is 2.34. The predicted octanol–water partition coefficient (Wildman–Crippen LogP) is 7.15. The summed E-state index contributed by atoms with van der Waals surface area (Å²) in [6, 6.07) is 0. The molecule has 0 aliphatic heterocycles. The molecule has 1 heteroatoms. The molecule has 0 spiro atoms. The molecule has 0 aromatic carbocycles. The number of fused-ring (bicyclic) bond motifs is 4. The van der Waals surface area contributed by atoms with E-state index in [-0.39, 0.29) is 0 Å². The van der Waals surface area contributed by atoms with Crippen LogP contribution in [0.5, 0.6) is 0 Å². The molecule has 4 bridgehead atoms. The fraction of sp³-hybridized carbons (Fsp3) is 0.840. The first-order valence-corrected chi connectivity index (χ1v) is 11.4. The van der Waals surface area contributed by atoms with Crippen molar-refractivity contribution in [2.75, 3.05) is 0 Å². The first-order valence-electron chi connectivity index (χ1n) is 11.4. The van der Waals surface area contributed by atoms with E-state index in [9.17, 15) is 0 Å². The van der Waals surface area contributed by atoms with Gasteiger partial charge in [-0.05, 0) is 77.3 Å². The normalized spacial score (nSPS) is 48.5. The Hall–Kier alpha value is -0.455. The number of rotatable bonds is 5. The van der Waals surface area contributed by atoms with Gasteiger partial charge in [0.25, 0.3) is 0 Å². The smallest absolute Gasteiger partial charge is 0.121 e. The van der Waals surface area contributed by atoms with Gasteiger partial charge < -0.3 is 0 Å². The predicted molar refractivity (Wildman–Crippen MR) is 115 cm³/mol. The van der Waals surface area contributed by atoms with Crippen molar-refractivity contribution in [3.05, 3.63) is 25.2 Å². The minimum Gasteiger partial charge on any atom is -0.121 e. The first kappa shape index (κ1) is 18.9. The van der Waals surface area contributed by atoms with Crippen molar-refractivity contribution >= 4 is 6.71 Å². The van der Waals surface area contributed by atoms with Gasteiger partial charge in [-0.1, -0.05) is 59.9 Å². The summed E-state index contributed by atoms with van der Waals surface area (Å²) in [5.74, 6) is 10.0. The zero-order chi connectivity index (χ0) is 19.0. The molecule has 0 aromatic rings. The van der Waals surface area contributed by atoms with E-state index in [1.807, 2.05) is 0 Å². The van der Waals surface area contributed by atoms with Crippen LogP contribution in [0.15, 0.2) is 25.2 Å². The largest absolute Gasteiger partial charge is 0.176 e. The Morgan fingerprint density at radius 2 is 1.38 bits per heavy atom. The molecule has 0 aromatic heterocycles. The van der Waals surface area contributed by atoms with Crippen LogP contribution in [-0.4, -0.2) is 6.71 Å². The highest BCUT2D eigenvalue weighted by atomic mass is 14.6. The molecule has 6 rings (SSSR count). The molecular formula is C25H41B. The van der Waals surface area contributed by atoms with Gasteiger partial charge in [-0.3, -0.25) is 0 Å². The van der Waals surface area contributed by atoms with Gasteiger partial charge in [-0.25, -0.2) is 0 Å². The molecule has 26 heavy (non-hydrogen) atoms. The van der Waals surface area contributed by atoms with Crippen LogP contribution in [0.4, 0.5) is 0 Å². The SMILES string of the molecule is C=CB(C(C=C)[C@@H]1C[C@@H]2C[C@H]([C@H]1C)C2(C)C)[C@@H]1C[C@@H]2C[C@H]([C@H]1C)C2(C)C. The maximum absolute atomic E-state index is 4.35. The zero-order valence-electron chi connectivity index (χ0n) is 18.2. The second kappa shape index (κ2) is 6.02. The van der Waals surface area contributed by atoms with Crippen LogP contribution in [0.2, 0.25) is 11.6 Å². The Bertz CT molecular complexity index is 535. The summed E-state index contributed by atoms with van der Waals surface area (Å²) in [5, 5.41) is 0. The lowest BCUT2D eigenvalue weighted by Gasteiger charge is -2.65. The Morgan fingerprint density at radius 3 is 1.81 bits per heavy atom. The van der Waals surface area contributed by atoms with Crippen LogP contribution < -0.4 is 0 Å². The van der Waals surface area contributed by atoms with E-state index in [1.54, 1.807) is 0 Å². The Kier molecular flexibility index (Phi) is 4.37. The van der Waals surface area contributed by atoms with E-state index in [0.717, 1.165) is 47.2 Å². The number of hydrogen-bond donors (Lipinski definition) is 0. The highest BCUT2D eigenvalue weighted by Crippen LogP contribution is 2.68. The van der Waals surface area contributed by atoms with Crippen molar-refractivity contribution in [2.24, 2.45) is 52.3 Å². The van der Waals surface area contributed by atoms with E-state index < -0.39 is 0 Å². The average Bonchev–Trinajstić information content (AvgIpc) is 2.59. The molecule has 6 aliphatic rings. The van der Waals surface area contributed by atoms with E-state index in [4.69, 9.17) is 0 Å². The van der Waals surface area contributed by atoms with E-state index in [0.29, 0.717) is 23.4 Å². The van der Waals surface area contributed by atoms with Crippen molar-refractivity contribution in [2.45, 2.75) is 78.9 Å². The van der Waals surface area contributed by atoms with Gasteiger partial charge in [-0.2, -0.15) is 0 Å². The van der Waals surface area contributed by atoms with Gasteiger partial charge in [0.2, 0.25) is 0 Å². The number of hydrogen-bond acceptors (Lipinski definition) is 0. The standard InChI is InChI=1S/C25H41B/c1-9-22(19-11-17-12-20(15(19)3)24(17,5)6)26(10-2)23-14-18-13-21(16(23)4)25(18,7)8/h9-10,15-23H,1-2,11-14H2,3-8H3/t15-,16+,17+,18-,19+,20+,21+,22?,23+/m0/s1. The Morgan fingerprint density at radius 1 is 0.846 bits per heavy atom. The van der Waals surface area contributed by atoms with E-state index in [1.165, 1.54) is 25.7 Å². The minimum atomic E-state index is 0.578. The topological polar surface area (TPSA) is 0 Å². The quantitative estimate of drug-likeness (QED) is 0.364. The second-order valence-corrected chi connectivity index (χ2v) is 11.9. The van der Waals surface area contributed by atoms with E-state index in [2.05, 4.69) is 66.8 Å². The molecule has 6 saturated carbocycles. The summed E-state index contributed by atoms with van der Waals surface area (Å²) in [4.78, 5) is 0. The summed E-state index contributed by atoms with van der Waals surface area (Å²) in [6.07, 6.45) is 8.14. The van der Waals surface area contributed by atoms with Gasteiger partial charge in [0.1, 0.15) is 0 Å². The summed E-state index contributed by atoms with van der Waals surface area (Å²) < 4.78 is 0. The molecule has 0 nitrogen and oxygen atoms in total. The fourth-order valence-corrected chi connectivity index (χ4v) is 8.63. The molecular weight excluding hydrogens is 311 g/mol. The molecule has 6 fully saturated rings. The molecule has 6 aliphatic carbocycles. The van der Waals surface area contributed by atoms with Crippen LogP contribution in [0.1, 0.15) is 67.2 Å². The molecule has 9 atom stereocenters. The molecule has 144 valence electrons. The minimum absolute atomic E-state index is 0.578. The highest BCUT2D eigenvalue weighted by Gasteiger charge is 2.60. The van der Waals surface area contributed by atoms with Crippen molar-refractivity contribution in [1.82, 2.24) is 0 Å². The van der Waals surface area contributed by atoms with Gasteiger partial charge in [0.05, 0.1) is 0 Å². The maximum atomic E-state index is 4.35. The monoisotopic (exact) mass is 352 g/mol. The van der Waals surface area contributed by atoms with Crippen molar-refractivity contribution in [3.8, 4) is 0 Å². The van der Waals surface area contributed by atoms with E-state index >= 15 is 0 Å². The molecule has 0 N–H and O–H groups in total. The first-order chi connectivity index (χ1) is 12.1. The highest BCUT2D eigenvalue weighted by molar-refractivity contribution is 6.68. The summed E-state index contributed by atoms with van der Waals surface area (Å²) in [5.41, 5.74) is 1.16. The van der Waals surface area contributed by atoms with Crippen LogP contribution in [0, 0.1) is 52.3 Å². The Labute approximate surface area is 163 Å². The summed E-state index contributed by atoms with van der Waals surface area (Å²) in [7, 11) is 0. The third-order valence-electron chi connectivity index (χ3n) is 10.8. The van der Waals surface area contributed by atoms with Crippen LogP contribution >= 0.6 is 0 Å². The molecule has 0 amide bonds. The average molecular weight is 352 g/mol. The molecule has 0 saturated heterocycles. The van der Waals surface area contributed by atoms with Crippen molar-refractivity contribution in [1.29, 1.82) is 0 Å². The second-order valence-electron chi connectivity index (χ2n) is 11.9. The summed E-state index contributed by atoms with van der Waals surface area (Å²) in [6.45, 7) is 24.5. The molecule has 0 radical (unpaired) electrons. The van der Waals surface area contributed by atoms with Crippen LogP contribution in [-0.2, 0) is 0 Å². The lowest BCUT2D eigenvalue weighted by Crippen LogP contribution is -2.58. The number of allylic oxidation sites excluding steroid dienone is 1.